The van der Waals surface area contributed by atoms with E-state index in [0.717, 1.165) is 44.0 Å². The highest BCUT2D eigenvalue weighted by Gasteiger charge is 2.70. The van der Waals surface area contributed by atoms with Crippen molar-refractivity contribution in [1.29, 1.82) is 0 Å². The van der Waals surface area contributed by atoms with Crippen LogP contribution in [0.2, 0.25) is 5.02 Å². The van der Waals surface area contributed by atoms with Crippen molar-refractivity contribution in [3.8, 4) is 5.75 Å². The number of nitrogens with zero attached hydrogens (tertiary/aromatic N) is 1. The van der Waals surface area contributed by atoms with Crippen LogP contribution in [0.3, 0.4) is 0 Å². The zero-order chi connectivity index (χ0) is 36.1. The minimum Gasteiger partial charge on any atom is -0.483 e. The average molecular weight is 762 g/mol. The van der Waals surface area contributed by atoms with Crippen molar-refractivity contribution in [2.75, 3.05) is 16.8 Å². The number of halogens is 4. The lowest BCUT2D eigenvalue weighted by Crippen LogP contribution is -2.42. The number of nitrogens with one attached hydrogen (secondary N) is 2. The van der Waals surface area contributed by atoms with E-state index in [9.17, 15) is 32.3 Å². The van der Waals surface area contributed by atoms with Crippen molar-refractivity contribution < 1.29 is 32.3 Å². The number of anilines is 2. The van der Waals surface area contributed by atoms with Gasteiger partial charge in [-0.2, -0.15) is 13.2 Å². The van der Waals surface area contributed by atoms with Gasteiger partial charge in [-0.3, -0.25) is 24.1 Å². The fourth-order valence-electron chi connectivity index (χ4n) is 8.94. The second-order valence-electron chi connectivity index (χ2n) is 13.6. The number of ether oxygens (including phenoxy) is 1. The summed E-state index contributed by atoms with van der Waals surface area (Å²) in [7, 11) is 0. The van der Waals surface area contributed by atoms with Crippen LogP contribution in [-0.2, 0) is 20.6 Å². The Hall–Kier alpha value is -4.59. The van der Waals surface area contributed by atoms with Gasteiger partial charge in [0, 0.05) is 32.3 Å². The third-order valence-corrected chi connectivity index (χ3v) is 13.7. The van der Waals surface area contributed by atoms with E-state index in [4.69, 9.17) is 16.3 Å². The van der Waals surface area contributed by atoms with Gasteiger partial charge in [-0.15, -0.1) is 11.8 Å². The third-order valence-electron chi connectivity index (χ3n) is 10.9. The lowest BCUT2D eigenvalue weighted by atomic mass is 9.68. The molecule has 0 radical (unpaired) electrons. The first-order valence-corrected chi connectivity index (χ1v) is 18.7. The fourth-order valence-corrected chi connectivity index (χ4v) is 12.0. The Balaban J connectivity index is 1.04. The van der Waals surface area contributed by atoms with Crippen molar-refractivity contribution in [3.63, 3.8) is 0 Å². The summed E-state index contributed by atoms with van der Waals surface area (Å²) in [6, 6.07) is 22.8. The number of amides is 3. The van der Waals surface area contributed by atoms with E-state index in [1.54, 1.807) is 18.2 Å². The van der Waals surface area contributed by atoms with E-state index in [1.165, 1.54) is 23.9 Å². The van der Waals surface area contributed by atoms with Crippen LogP contribution in [-0.4, -0.2) is 34.6 Å². The van der Waals surface area contributed by atoms with Crippen molar-refractivity contribution in [2.45, 2.75) is 28.8 Å². The first-order chi connectivity index (χ1) is 25.0. The third kappa shape index (κ3) is 5.35. The lowest BCUT2D eigenvalue weighted by molar-refractivity contribution is -0.137. The predicted molar refractivity (Wildman–Crippen MR) is 192 cm³/mol. The van der Waals surface area contributed by atoms with Crippen molar-refractivity contribution in [3.05, 3.63) is 116 Å². The number of aromatic amines is 1. The lowest BCUT2D eigenvalue weighted by Gasteiger charge is -2.43. The van der Waals surface area contributed by atoms with Gasteiger partial charge in [0.25, 0.3) is 5.91 Å². The molecule has 2 aliphatic carbocycles. The quantitative estimate of drug-likeness (QED) is 0.170. The summed E-state index contributed by atoms with van der Waals surface area (Å²) in [6.45, 7) is -0.317. The number of benzene rings is 4. The number of thioether (sulfide) groups is 1. The summed E-state index contributed by atoms with van der Waals surface area (Å²) < 4.78 is 47.0. The Morgan fingerprint density at radius 3 is 2.48 bits per heavy atom. The Labute approximate surface area is 307 Å². The number of imide groups is 1. The summed E-state index contributed by atoms with van der Waals surface area (Å²) in [6.07, 6.45) is -4.07. The molecule has 0 spiro atoms. The number of H-pyrrole nitrogens is 1. The van der Waals surface area contributed by atoms with Crippen molar-refractivity contribution in [1.82, 2.24) is 4.98 Å². The molecule has 1 saturated heterocycles. The molecular weight excluding hydrogens is 735 g/mol. The molecule has 4 aromatic carbocycles. The number of carbonyl (C=O) groups is 3. The Bertz CT molecular complexity index is 2380. The van der Waals surface area contributed by atoms with Gasteiger partial charge in [-0.05, 0) is 83.5 Å². The molecule has 2 aliphatic heterocycles. The average Bonchev–Trinajstić information content (AvgIpc) is 3.86. The minimum atomic E-state index is -4.64. The molecule has 2 saturated carbocycles. The number of aromatic nitrogens is 1. The van der Waals surface area contributed by atoms with Gasteiger partial charge >= 0.3 is 11.0 Å². The highest BCUT2D eigenvalue weighted by molar-refractivity contribution is 8.00. The summed E-state index contributed by atoms with van der Waals surface area (Å²) in [5.41, 5.74) is 0.224. The van der Waals surface area contributed by atoms with Gasteiger partial charge in [0.1, 0.15) is 5.75 Å². The Morgan fingerprint density at radius 1 is 0.923 bits per heavy atom. The van der Waals surface area contributed by atoms with Gasteiger partial charge in [-0.25, -0.2) is 0 Å². The second-order valence-corrected chi connectivity index (χ2v) is 16.2. The largest absolute Gasteiger partial charge is 0.483 e. The van der Waals surface area contributed by atoms with E-state index in [0.29, 0.717) is 33.5 Å². The summed E-state index contributed by atoms with van der Waals surface area (Å²) in [5.74, 6) is -3.69. The monoisotopic (exact) mass is 761 g/mol. The fraction of sp³-hybridized carbons (Fsp3) is 0.263. The van der Waals surface area contributed by atoms with Crippen LogP contribution in [0.5, 0.6) is 5.75 Å². The van der Waals surface area contributed by atoms with E-state index in [1.807, 2.05) is 42.5 Å². The maximum absolute atomic E-state index is 14.1. The first kappa shape index (κ1) is 33.3. The van der Waals surface area contributed by atoms with Crippen LogP contribution >= 0.6 is 34.7 Å². The van der Waals surface area contributed by atoms with Gasteiger partial charge in [0.15, 0.2) is 6.61 Å². The van der Waals surface area contributed by atoms with Crippen LogP contribution in [0.4, 0.5) is 24.5 Å². The van der Waals surface area contributed by atoms with Crippen molar-refractivity contribution in [2.24, 2.45) is 29.6 Å². The Morgan fingerprint density at radius 2 is 1.69 bits per heavy atom. The highest BCUT2D eigenvalue weighted by atomic mass is 35.5. The number of rotatable bonds is 6. The summed E-state index contributed by atoms with van der Waals surface area (Å²) in [4.78, 5) is 58.4. The van der Waals surface area contributed by atoms with Crippen molar-refractivity contribution >= 4 is 74.6 Å². The van der Waals surface area contributed by atoms with Gasteiger partial charge < -0.3 is 15.0 Å². The molecule has 9 rings (SSSR count). The topological polar surface area (TPSA) is 109 Å². The Kier molecular flexibility index (Phi) is 7.83. The van der Waals surface area contributed by atoms with E-state index in [2.05, 4.69) is 10.3 Å². The number of hydrogen-bond donors (Lipinski definition) is 2. The van der Waals surface area contributed by atoms with Crippen LogP contribution in [0, 0.1) is 29.6 Å². The molecule has 5 aromatic rings. The predicted octanol–water partition coefficient (Wildman–Crippen LogP) is 7.96. The van der Waals surface area contributed by atoms with E-state index >= 15 is 0 Å². The summed E-state index contributed by atoms with van der Waals surface area (Å²) >= 11 is 9.12. The number of thiazole rings is 1. The molecule has 4 aliphatic rings. The maximum Gasteiger partial charge on any atom is 0.416 e. The zero-order valence-electron chi connectivity index (χ0n) is 26.9. The molecule has 7 atom stereocenters. The normalized spacial score (nSPS) is 26.0. The molecule has 14 heteroatoms. The number of alkyl halides is 3. The van der Waals surface area contributed by atoms with Gasteiger partial charge in [0.2, 0.25) is 11.8 Å². The standard InChI is InChI=1S/C38H27ClF3N3O5S2/c39-20-9-11-26(50-16-27(46)43-21-10-8-17-4-1-2-5-18(17)12-21)23(14-20)28-29-24-15-25(32(29)51-34-33(28)52-37(49)44-34)31-30(24)35(47)45(36(31)48)22-7-3-6-19(13-22)38(40,41)42/h1-14,24-25,28-32H,15-16H2,(H,43,46)(H,44,49)/t24-,25-,28+,29-,30+,31+,32-/m1/s1. The number of carbonyl (C=O) groups excluding carboxylic acids is 3. The van der Waals surface area contributed by atoms with Crippen LogP contribution < -0.4 is 19.8 Å². The molecule has 52 heavy (non-hydrogen) atoms. The maximum atomic E-state index is 14.1. The van der Waals surface area contributed by atoms with Crippen LogP contribution in [0.15, 0.2) is 94.7 Å². The number of hydrogen-bond acceptors (Lipinski definition) is 7. The minimum absolute atomic E-state index is 0.0956. The van der Waals surface area contributed by atoms with Crippen LogP contribution in [0.1, 0.15) is 28.3 Å². The van der Waals surface area contributed by atoms with Gasteiger partial charge in [-0.1, -0.05) is 59.3 Å². The molecular formula is C38H27ClF3N3O5S2. The van der Waals surface area contributed by atoms with Crippen LogP contribution in [0.25, 0.3) is 10.8 Å². The molecule has 3 amide bonds. The molecule has 2 bridgehead atoms. The SMILES string of the molecule is O=C(COc1ccc(Cl)cc1[C@@H]1c2sc(=O)[nH]c2S[C@@H]2[C@@H]3C[C@@H]([C@@H]4C(=O)N(c5cccc(C(F)(F)F)c5)C(=O)[C@@H]34)[C@H]12)Nc1ccc2ccccc2c1. The van der Waals surface area contributed by atoms with E-state index < -0.39 is 41.3 Å². The molecule has 3 heterocycles. The van der Waals surface area contributed by atoms with E-state index in [-0.39, 0.29) is 46.1 Å². The van der Waals surface area contributed by atoms with Gasteiger partial charge in [0.05, 0.1) is 28.1 Å². The summed E-state index contributed by atoms with van der Waals surface area (Å²) in [5, 5.41) is 5.78. The first-order valence-electron chi connectivity index (χ1n) is 16.6. The highest BCUT2D eigenvalue weighted by Crippen LogP contribution is 2.69. The smallest absolute Gasteiger partial charge is 0.416 e. The second kappa shape index (κ2) is 12.2. The number of fused-ring (bicyclic) bond motifs is 10. The molecule has 1 aromatic heterocycles. The molecule has 3 fully saturated rings. The molecule has 0 unspecified atom stereocenters. The molecule has 2 N–H and O–H groups in total. The molecule has 264 valence electrons. The zero-order valence-corrected chi connectivity index (χ0v) is 29.2. The molecule has 8 nitrogen and oxygen atoms in total.